The number of anilines is 1. The third-order valence-electron chi connectivity index (χ3n) is 1.49. The van der Waals surface area contributed by atoms with Crippen LogP contribution in [0.2, 0.25) is 0 Å². The summed E-state index contributed by atoms with van der Waals surface area (Å²) in [6.45, 7) is 1.41. The molecule has 3 nitrogen and oxygen atoms in total. The van der Waals surface area contributed by atoms with Crippen LogP contribution >= 0.6 is 0 Å². The molecule has 0 bridgehead atoms. The van der Waals surface area contributed by atoms with E-state index in [1.165, 1.54) is 13.0 Å². The van der Waals surface area contributed by atoms with Crippen LogP contribution in [-0.4, -0.2) is 16.6 Å². The Hall–Kier alpha value is -1.13. The summed E-state index contributed by atoms with van der Waals surface area (Å²) in [5.41, 5.74) is 5.60. The summed E-state index contributed by atoms with van der Waals surface area (Å²) in [4.78, 5) is 0. The van der Waals surface area contributed by atoms with Gasteiger partial charge in [0, 0.05) is 11.8 Å². The lowest BCUT2D eigenvalue weighted by Crippen LogP contribution is -2.04. The van der Waals surface area contributed by atoms with Gasteiger partial charge in [0.25, 0.3) is 0 Å². The Bertz CT molecular complexity index is 233. The highest BCUT2D eigenvalue weighted by atomic mass is 19.3. The molecule has 1 aromatic rings. The lowest BCUT2D eigenvalue weighted by Gasteiger charge is -2.05. The monoisotopic (exact) mass is 161 g/mol. The molecule has 0 aliphatic rings. The maximum absolute atomic E-state index is 12.0. The fourth-order valence-corrected chi connectivity index (χ4v) is 0.722. The van der Waals surface area contributed by atoms with E-state index in [4.69, 9.17) is 5.73 Å². The maximum Gasteiger partial charge on any atom is 0.246 e. The highest BCUT2D eigenvalue weighted by Gasteiger charge is 2.18. The second-order valence-corrected chi connectivity index (χ2v) is 2.37. The number of hydrogen-bond acceptors (Lipinski definition) is 2. The van der Waals surface area contributed by atoms with Crippen molar-refractivity contribution in [2.75, 3.05) is 5.73 Å². The van der Waals surface area contributed by atoms with Gasteiger partial charge < -0.3 is 5.73 Å². The Kier molecular flexibility index (Phi) is 2.07. The molecular formula is C6H9F2N3. The van der Waals surface area contributed by atoms with Gasteiger partial charge in [-0.3, -0.25) is 5.10 Å². The van der Waals surface area contributed by atoms with Gasteiger partial charge in [-0.25, -0.2) is 8.78 Å². The van der Waals surface area contributed by atoms with Gasteiger partial charge in [0.15, 0.2) is 0 Å². The first kappa shape index (κ1) is 7.97. The van der Waals surface area contributed by atoms with E-state index >= 15 is 0 Å². The van der Waals surface area contributed by atoms with E-state index in [1.54, 1.807) is 0 Å². The van der Waals surface area contributed by atoms with Crippen LogP contribution < -0.4 is 5.73 Å². The van der Waals surface area contributed by atoms with Gasteiger partial charge in [-0.15, -0.1) is 0 Å². The zero-order chi connectivity index (χ0) is 8.43. The van der Waals surface area contributed by atoms with E-state index in [2.05, 4.69) is 10.2 Å². The maximum atomic E-state index is 12.0. The zero-order valence-corrected chi connectivity index (χ0v) is 6.01. The summed E-state index contributed by atoms with van der Waals surface area (Å²) in [5.74, 6) is -0.590. The molecule has 3 N–H and O–H groups in total. The number of nitrogen functional groups attached to an aromatic ring is 1. The number of halogens is 2. The molecule has 62 valence electrons. The normalized spacial score (nSPS) is 13.8. The fraction of sp³-hybridized carbons (Fsp3) is 0.500. The SMILES string of the molecule is CC(c1cc(N)n[nH]1)C(F)F. The number of H-pyrrole nitrogens is 1. The van der Waals surface area contributed by atoms with Crippen LogP contribution in [0.25, 0.3) is 0 Å². The van der Waals surface area contributed by atoms with Gasteiger partial charge >= 0.3 is 0 Å². The molecule has 0 radical (unpaired) electrons. The minimum atomic E-state index is -2.38. The van der Waals surface area contributed by atoms with Crippen molar-refractivity contribution in [3.05, 3.63) is 11.8 Å². The molecule has 11 heavy (non-hydrogen) atoms. The van der Waals surface area contributed by atoms with Crippen molar-refractivity contribution in [3.63, 3.8) is 0 Å². The van der Waals surface area contributed by atoms with Crippen molar-refractivity contribution >= 4 is 5.82 Å². The molecule has 5 heteroatoms. The topological polar surface area (TPSA) is 54.7 Å². The molecule has 1 heterocycles. The van der Waals surface area contributed by atoms with Gasteiger partial charge in [0.05, 0.1) is 5.92 Å². The molecule has 0 saturated heterocycles. The van der Waals surface area contributed by atoms with Crippen LogP contribution in [-0.2, 0) is 0 Å². The number of rotatable bonds is 2. The van der Waals surface area contributed by atoms with E-state index in [0.29, 0.717) is 5.69 Å². The second-order valence-electron chi connectivity index (χ2n) is 2.37. The third-order valence-corrected chi connectivity index (χ3v) is 1.49. The highest BCUT2D eigenvalue weighted by molar-refractivity contribution is 5.30. The first-order valence-electron chi connectivity index (χ1n) is 3.20. The lowest BCUT2D eigenvalue weighted by atomic mass is 10.1. The van der Waals surface area contributed by atoms with Crippen molar-refractivity contribution < 1.29 is 8.78 Å². The van der Waals surface area contributed by atoms with E-state index in [9.17, 15) is 8.78 Å². The summed E-state index contributed by atoms with van der Waals surface area (Å²) < 4.78 is 24.1. The molecule has 0 aromatic carbocycles. The average molecular weight is 161 g/mol. The van der Waals surface area contributed by atoms with Gasteiger partial charge in [-0.1, -0.05) is 6.92 Å². The van der Waals surface area contributed by atoms with Crippen molar-refractivity contribution in [1.29, 1.82) is 0 Å². The number of alkyl halides is 2. The van der Waals surface area contributed by atoms with Gasteiger partial charge in [0.1, 0.15) is 5.82 Å². The largest absolute Gasteiger partial charge is 0.382 e. The lowest BCUT2D eigenvalue weighted by molar-refractivity contribution is 0.119. The molecule has 0 aliphatic heterocycles. The number of aromatic nitrogens is 2. The number of nitrogens with two attached hydrogens (primary N) is 1. The van der Waals surface area contributed by atoms with E-state index in [1.807, 2.05) is 0 Å². The van der Waals surface area contributed by atoms with Crippen molar-refractivity contribution in [3.8, 4) is 0 Å². The van der Waals surface area contributed by atoms with E-state index in [-0.39, 0.29) is 5.82 Å². The van der Waals surface area contributed by atoms with Crippen LogP contribution in [0, 0.1) is 0 Å². The van der Waals surface area contributed by atoms with Gasteiger partial charge in [0.2, 0.25) is 6.43 Å². The van der Waals surface area contributed by atoms with Crippen LogP contribution in [0.3, 0.4) is 0 Å². The van der Waals surface area contributed by atoms with Crippen LogP contribution in [0.4, 0.5) is 14.6 Å². The Labute approximate surface area is 62.6 Å². The molecule has 0 fully saturated rings. The summed E-state index contributed by atoms with van der Waals surface area (Å²) >= 11 is 0. The second kappa shape index (κ2) is 2.86. The number of hydrogen-bond donors (Lipinski definition) is 2. The molecule has 1 atom stereocenters. The third kappa shape index (κ3) is 1.66. The molecular weight excluding hydrogens is 152 g/mol. The molecule has 0 amide bonds. The molecule has 1 rings (SSSR count). The van der Waals surface area contributed by atoms with Crippen LogP contribution in [0.15, 0.2) is 6.07 Å². The van der Waals surface area contributed by atoms with Gasteiger partial charge in [-0.2, -0.15) is 5.10 Å². The number of nitrogens with one attached hydrogen (secondary N) is 1. The summed E-state index contributed by atoms with van der Waals surface area (Å²) in [6.07, 6.45) is -2.38. The van der Waals surface area contributed by atoms with Crippen molar-refractivity contribution in [2.45, 2.75) is 19.3 Å². The molecule has 1 aromatic heterocycles. The molecule has 0 spiro atoms. The van der Waals surface area contributed by atoms with Crippen molar-refractivity contribution in [1.82, 2.24) is 10.2 Å². The van der Waals surface area contributed by atoms with Crippen LogP contribution in [0.5, 0.6) is 0 Å². The number of nitrogens with zero attached hydrogens (tertiary/aromatic N) is 1. The minimum Gasteiger partial charge on any atom is -0.382 e. The molecule has 0 saturated carbocycles. The average Bonchev–Trinajstić information content (AvgIpc) is 2.34. The predicted molar refractivity (Wildman–Crippen MR) is 37.4 cm³/mol. The molecule has 0 aliphatic carbocycles. The Morgan fingerprint density at radius 2 is 2.27 bits per heavy atom. The quantitative estimate of drug-likeness (QED) is 0.688. The van der Waals surface area contributed by atoms with Gasteiger partial charge in [-0.05, 0) is 0 Å². The summed E-state index contributed by atoms with van der Waals surface area (Å²) in [5, 5.41) is 5.97. The van der Waals surface area contributed by atoms with E-state index < -0.39 is 12.3 Å². The Morgan fingerprint density at radius 1 is 1.64 bits per heavy atom. The summed E-state index contributed by atoms with van der Waals surface area (Å²) in [6, 6.07) is 1.41. The first-order chi connectivity index (χ1) is 5.11. The smallest absolute Gasteiger partial charge is 0.246 e. The molecule has 1 unspecified atom stereocenters. The standard InChI is InChI=1S/C6H9F2N3/c1-3(6(7)8)4-2-5(9)11-10-4/h2-3,6H,1H3,(H3,9,10,11). The van der Waals surface area contributed by atoms with Crippen LogP contribution in [0.1, 0.15) is 18.5 Å². The summed E-state index contributed by atoms with van der Waals surface area (Å²) in [7, 11) is 0. The van der Waals surface area contributed by atoms with Crippen molar-refractivity contribution in [2.24, 2.45) is 0 Å². The van der Waals surface area contributed by atoms with E-state index in [0.717, 1.165) is 0 Å². The number of aromatic amines is 1. The highest BCUT2D eigenvalue weighted by Crippen LogP contribution is 2.21. The predicted octanol–water partition coefficient (Wildman–Crippen LogP) is 1.36. The Morgan fingerprint density at radius 3 is 2.64 bits per heavy atom. The Balaban J connectivity index is 2.76. The fourth-order valence-electron chi connectivity index (χ4n) is 0.722. The zero-order valence-electron chi connectivity index (χ0n) is 6.01. The minimum absolute atomic E-state index is 0.243. The first-order valence-corrected chi connectivity index (χ1v) is 3.20.